The fourth-order valence-electron chi connectivity index (χ4n) is 2.34. The standard InChI is InChI=1S/C14H17N3O/c1-2-7-15-9-13-16-14(17-18-13)12-8-10-5-3-4-6-11(10)12/h3-6,12,15H,2,7-9H2,1H3. The van der Waals surface area contributed by atoms with E-state index in [1.165, 1.54) is 11.1 Å². The lowest BCUT2D eigenvalue weighted by Gasteiger charge is -2.27. The molecule has 1 N–H and O–H groups in total. The molecule has 1 aromatic heterocycles. The highest BCUT2D eigenvalue weighted by Crippen LogP contribution is 2.38. The predicted octanol–water partition coefficient (Wildman–Crippen LogP) is 2.26. The van der Waals surface area contributed by atoms with Gasteiger partial charge in [0.05, 0.1) is 12.5 Å². The first-order valence-corrected chi connectivity index (χ1v) is 6.49. The van der Waals surface area contributed by atoms with E-state index in [1.807, 2.05) is 0 Å². The van der Waals surface area contributed by atoms with Gasteiger partial charge in [-0.25, -0.2) is 0 Å². The number of benzene rings is 1. The summed E-state index contributed by atoms with van der Waals surface area (Å²) in [5.41, 5.74) is 2.74. The van der Waals surface area contributed by atoms with E-state index in [9.17, 15) is 0 Å². The van der Waals surface area contributed by atoms with E-state index in [0.717, 1.165) is 25.2 Å². The number of aromatic nitrogens is 2. The molecule has 1 aliphatic carbocycles. The minimum atomic E-state index is 0.324. The minimum Gasteiger partial charge on any atom is -0.338 e. The number of nitrogens with one attached hydrogen (secondary N) is 1. The summed E-state index contributed by atoms with van der Waals surface area (Å²) in [7, 11) is 0. The SMILES string of the molecule is CCCNCc1nc(C2Cc3ccccc32)no1. The van der Waals surface area contributed by atoms with Gasteiger partial charge in [-0.1, -0.05) is 36.3 Å². The maximum Gasteiger partial charge on any atom is 0.240 e. The highest BCUT2D eigenvalue weighted by Gasteiger charge is 2.30. The smallest absolute Gasteiger partial charge is 0.240 e. The Bertz CT molecular complexity index is 535. The van der Waals surface area contributed by atoms with Crippen LogP contribution < -0.4 is 5.32 Å². The van der Waals surface area contributed by atoms with Gasteiger partial charge in [-0.15, -0.1) is 0 Å². The fourth-order valence-corrected chi connectivity index (χ4v) is 2.34. The highest BCUT2D eigenvalue weighted by molar-refractivity contribution is 5.43. The summed E-state index contributed by atoms with van der Waals surface area (Å²) in [6, 6.07) is 8.45. The van der Waals surface area contributed by atoms with E-state index in [4.69, 9.17) is 4.52 Å². The molecule has 2 aromatic rings. The van der Waals surface area contributed by atoms with Crippen molar-refractivity contribution in [2.24, 2.45) is 0 Å². The molecule has 18 heavy (non-hydrogen) atoms. The molecular weight excluding hydrogens is 226 g/mol. The first kappa shape index (κ1) is 11.4. The lowest BCUT2D eigenvalue weighted by atomic mass is 9.77. The van der Waals surface area contributed by atoms with E-state index < -0.39 is 0 Å². The van der Waals surface area contributed by atoms with Gasteiger partial charge in [-0.2, -0.15) is 4.98 Å². The number of hydrogen-bond acceptors (Lipinski definition) is 4. The van der Waals surface area contributed by atoms with Gasteiger partial charge in [0.25, 0.3) is 0 Å². The van der Waals surface area contributed by atoms with Gasteiger partial charge in [0.15, 0.2) is 5.82 Å². The van der Waals surface area contributed by atoms with Crippen LogP contribution >= 0.6 is 0 Å². The first-order chi connectivity index (χ1) is 8.88. The molecule has 1 aromatic carbocycles. The van der Waals surface area contributed by atoms with Crippen LogP contribution in [0.1, 0.15) is 42.1 Å². The van der Waals surface area contributed by atoms with Crippen LogP contribution in [0, 0.1) is 0 Å². The molecule has 0 aliphatic heterocycles. The second kappa shape index (κ2) is 4.90. The van der Waals surface area contributed by atoms with Gasteiger partial charge in [-0.05, 0) is 30.5 Å². The molecule has 0 fully saturated rings. The Labute approximate surface area is 106 Å². The van der Waals surface area contributed by atoms with E-state index in [1.54, 1.807) is 0 Å². The van der Waals surface area contributed by atoms with E-state index in [-0.39, 0.29) is 0 Å². The van der Waals surface area contributed by atoms with Crippen LogP contribution in [-0.4, -0.2) is 16.7 Å². The predicted molar refractivity (Wildman–Crippen MR) is 68.3 cm³/mol. The highest BCUT2D eigenvalue weighted by atomic mass is 16.5. The topological polar surface area (TPSA) is 51.0 Å². The van der Waals surface area contributed by atoms with E-state index >= 15 is 0 Å². The summed E-state index contributed by atoms with van der Waals surface area (Å²) >= 11 is 0. The normalized spacial score (nSPS) is 17.3. The van der Waals surface area contributed by atoms with Gasteiger partial charge in [-0.3, -0.25) is 0 Å². The third-order valence-electron chi connectivity index (χ3n) is 3.35. The van der Waals surface area contributed by atoms with Gasteiger partial charge in [0.1, 0.15) is 0 Å². The molecule has 0 bridgehead atoms. The number of rotatable bonds is 5. The third kappa shape index (κ3) is 2.04. The Balaban J connectivity index is 1.68. The molecule has 1 heterocycles. The Hall–Kier alpha value is -1.68. The zero-order chi connectivity index (χ0) is 12.4. The van der Waals surface area contributed by atoms with Crippen molar-refractivity contribution in [2.45, 2.75) is 32.2 Å². The number of fused-ring (bicyclic) bond motifs is 1. The molecule has 1 unspecified atom stereocenters. The van der Waals surface area contributed by atoms with Crippen LogP contribution in [0.15, 0.2) is 28.8 Å². The van der Waals surface area contributed by atoms with Crippen molar-refractivity contribution < 1.29 is 4.52 Å². The fraction of sp³-hybridized carbons (Fsp3) is 0.429. The molecule has 0 saturated carbocycles. The van der Waals surface area contributed by atoms with Crippen molar-refractivity contribution in [3.63, 3.8) is 0 Å². The zero-order valence-electron chi connectivity index (χ0n) is 10.5. The number of hydrogen-bond donors (Lipinski definition) is 1. The van der Waals surface area contributed by atoms with Crippen LogP contribution in [0.3, 0.4) is 0 Å². The summed E-state index contributed by atoms with van der Waals surface area (Å²) in [5, 5.41) is 7.35. The van der Waals surface area contributed by atoms with Crippen molar-refractivity contribution in [1.29, 1.82) is 0 Å². The minimum absolute atomic E-state index is 0.324. The maximum atomic E-state index is 5.26. The molecular formula is C14H17N3O. The van der Waals surface area contributed by atoms with Crippen molar-refractivity contribution in [1.82, 2.24) is 15.5 Å². The van der Waals surface area contributed by atoms with E-state index in [2.05, 4.69) is 46.6 Å². The quantitative estimate of drug-likeness (QED) is 0.818. The average Bonchev–Trinajstić information content (AvgIpc) is 2.80. The lowest BCUT2D eigenvalue weighted by Crippen LogP contribution is -2.19. The Morgan fingerprint density at radius 2 is 2.28 bits per heavy atom. The largest absolute Gasteiger partial charge is 0.338 e. The van der Waals surface area contributed by atoms with Gasteiger partial charge in [0, 0.05) is 0 Å². The summed E-state index contributed by atoms with van der Waals surface area (Å²) in [6.07, 6.45) is 2.13. The van der Waals surface area contributed by atoms with Crippen molar-refractivity contribution in [3.05, 3.63) is 47.1 Å². The van der Waals surface area contributed by atoms with Crippen LogP contribution in [-0.2, 0) is 13.0 Å². The average molecular weight is 243 g/mol. The van der Waals surface area contributed by atoms with Crippen LogP contribution in [0.5, 0.6) is 0 Å². The third-order valence-corrected chi connectivity index (χ3v) is 3.35. The van der Waals surface area contributed by atoms with E-state index in [0.29, 0.717) is 18.4 Å². The van der Waals surface area contributed by atoms with Crippen molar-refractivity contribution in [3.8, 4) is 0 Å². The van der Waals surface area contributed by atoms with Gasteiger partial charge < -0.3 is 9.84 Å². The van der Waals surface area contributed by atoms with Gasteiger partial charge in [0.2, 0.25) is 5.89 Å². The molecule has 0 amide bonds. The zero-order valence-corrected chi connectivity index (χ0v) is 10.5. The molecule has 0 saturated heterocycles. The molecule has 4 nitrogen and oxygen atoms in total. The molecule has 1 atom stereocenters. The lowest BCUT2D eigenvalue weighted by molar-refractivity contribution is 0.360. The summed E-state index contributed by atoms with van der Waals surface area (Å²) in [6.45, 7) is 3.77. The van der Waals surface area contributed by atoms with Crippen molar-refractivity contribution in [2.75, 3.05) is 6.54 Å². The van der Waals surface area contributed by atoms with Crippen LogP contribution in [0.25, 0.3) is 0 Å². The number of nitrogens with zero attached hydrogens (tertiary/aromatic N) is 2. The monoisotopic (exact) mass is 243 g/mol. The van der Waals surface area contributed by atoms with Crippen LogP contribution in [0.4, 0.5) is 0 Å². The Kier molecular flexibility index (Phi) is 3.11. The maximum absolute atomic E-state index is 5.26. The second-order valence-corrected chi connectivity index (χ2v) is 4.68. The molecule has 4 heteroatoms. The summed E-state index contributed by atoms with van der Waals surface area (Å²) in [4.78, 5) is 4.46. The molecule has 94 valence electrons. The molecule has 0 spiro atoms. The van der Waals surface area contributed by atoms with Crippen molar-refractivity contribution >= 4 is 0 Å². The Morgan fingerprint density at radius 3 is 3.11 bits per heavy atom. The molecule has 0 radical (unpaired) electrons. The van der Waals surface area contributed by atoms with Gasteiger partial charge >= 0.3 is 0 Å². The molecule has 3 rings (SSSR count). The first-order valence-electron chi connectivity index (χ1n) is 6.49. The second-order valence-electron chi connectivity index (χ2n) is 4.68. The van der Waals surface area contributed by atoms with Crippen LogP contribution in [0.2, 0.25) is 0 Å². The Morgan fingerprint density at radius 1 is 1.39 bits per heavy atom. The summed E-state index contributed by atoms with van der Waals surface area (Å²) < 4.78 is 5.26. The molecule has 1 aliphatic rings. The summed E-state index contributed by atoms with van der Waals surface area (Å²) in [5.74, 6) is 1.83.